The zero-order valence-electron chi connectivity index (χ0n) is 10.5. The summed E-state index contributed by atoms with van der Waals surface area (Å²) in [6.07, 6.45) is 0. The second-order valence-electron chi connectivity index (χ2n) is 4.04. The number of hydrogen-bond donors (Lipinski definition) is 2. The van der Waals surface area contributed by atoms with Gasteiger partial charge in [-0.25, -0.2) is 18.4 Å². The second-order valence-corrected chi connectivity index (χ2v) is 6.48. The van der Waals surface area contributed by atoms with E-state index < -0.39 is 16.0 Å². The molecule has 2 aromatic carbocycles. The highest BCUT2D eigenvalue weighted by atomic mass is 79.9. The van der Waals surface area contributed by atoms with Crippen LogP contribution >= 0.6 is 15.9 Å². The first-order chi connectivity index (χ1) is 9.79. The molecule has 0 heterocycles. The zero-order valence-corrected chi connectivity index (χ0v) is 12.9. The molecule has 2 aromatic rings. The van der Waals surface area contributed by atoms with Crippen molar-refractivity contribution in [1.29, 1.82) is 0 Å². The van der Waals surface area contributed by atoms with Gasteiger partial charge in [-0.05, 0) is 30.3 Å². The highest BCUT2D eigenvalue weighted by Crippen LogP contribution is 2.32. The van der Waals surface area contributed by atoms with E-state index in [1.54, 1.807) is 12.1 Å². The number of halogens is 1. The Balaban J connectivity index is 2.54. The number of ether oxygens (including phenoxy) is 1. The van der Waals surface area contributed by atoms with Gasteiger partial charge < -0.3 is 9.84 Å². The van der Waals surface area contributed by atoms with E-state index in [4.69, 9.17) is 15.0 Å². The molecule has 110 valence electrons. The summed E-state index contributed by atoms with van der Waals surface area (Å²) >= 11 is 3.20. The van der Waals surface area contributed by atoms with Gasteiger partial charge in [-0.1, -0.05) is 28.1 Å². The molecule has 6 nitrogen and oxygen atoms in total. The minimum Gasteiger partial charge on any atom is -0.478 e. The molecule has 8 heteroatoms. The molecule has 0 fully saturated rings. The molecule has 0 aliphatic carbocycles. The maximum Gasteiger partial charge on any atom is 0.339 e. The summed E-state index contributed by atoms with van der Waals surface area (Å²) in [6.45, 7) is 0. The van der Waals surface area contributed by atoms with Crippen LogP contribution in [-0.2, 0) is 10.0 Å². The van der Waals surface area contributed by atoms with Gasteiger partial charge in [0.15, 0.2) is 0 Å². The summed E-state index contributed by atoms with van der Waals surface area (Å²) in [5, 5.41) is 14.2. The highest BCUT2D eigenvalue weighted by Gasteiger charge is 2.18. The summed E-state index contributed by atoms with van der Waals surface area (Å²) in [7, 11) is -3.98. The van der Waals surface area contributed by atoms with Gasteiger partial charge in [-0.3, -0.25) is 0 Å². The summed E-state index contributed by atoms with van der Waals surface area (Å²) in [4.78, 5) is 10.9. The third kappa shape index (κ3) is 3.60. The van der Waals surface area contributed by atoms with Crippen molar-refractivity contribution in [2.24, 2.45) is 5.14 Å². The number of hydrogen-bond acceptors (Lipinski definition) is 4. The summed E-state index contributed by atoms with van der Waals surface area (Å²) in [6, 6.07) is 10.1. The van der Waals surface area contributed by atoms with Gasteiger partial charge >= 0.3 is 5.97 Å². The summed E-state index contributed by atoms with van der Waals surface area (Å²) in [5.41, 5.74) is -0.0950. The van der Waals surface area contributed by atoms with E-state index >= 15 is 0 Å². The number of carboxylic acid groups (broad SMARTS) is 1. The van der Waals surface area contributed by atoms with E-state index in [2.05, 4.69) is 15.9 Å². The van der Waals surface area contributed by atoms with E-state index in [-0.39, 0.29) is 22.0 Å². The average molecular weight is 372 g/mol. The van der Waals surface area contributed by atoms with Crippen molar-refractivity contribution in [2.75, 3.05) is 0 Å². The Morgan fingerprint density at radius 1 is 1.14 bits per heavy atom. The van der Waals surface area contributed by atoms with Crippen LogP contribution in [0.15, 0.2) is 51.8 Å². The minimum absolute atomic E-state index is 0.00738. The number of nitrogens with two attached hydrogens (primary N) is 1. The van der Waals surface area contributed by atoms with Crippen molar-refractivity contribution >= 4 is 31.9 Å². The van der Waals surface area contributed by atoms with E-state index in [0.717, 1.165) is 0 Å². The first-order valence-corrected chi connectivity index (χ1v) is 7.95. The first-order valence-electron chi connectivity index (χ1n) is 5.61. The quantitative estimate of drug-likeness (QED) is 0.858. The molecule has 3 N–H and O–H groups in total. The molecule has 0 bridgehead atoms. The van der Waals surface area contributed by atoms with Crippen LogP contribution in [0.25, 0.3) is 0 Å². The lowest BCUT2D eigenvalue weighted by Crippen LogP contribution is -2.13. The molecule has 0 spiro atoms. The van der Waals surface area contributed by atoms with E-state index in [1.807, 2.05) is 0 Å². The number of carbonyl (C=O) groups is 1. The lowest BCUT2D eigenvalue weighted by Gasteiger charge is -2.12. The second kappa shape index (κ2) is 5.84. The summed E-state index contributed by atoms with van der Waals surface area (Å²) in [5.74, 6) is -1.22. The fourth-order valence-corrected chi connectivity index (χ4v) is 2.64. The standard InChI is InChI=1S/C13H10BrNO5S/c14-8-5-6-9(13(16)17)11(7-8)20-10-3-1-2-4-12(10)21(15,18)19/h1-7H,(H,16,17)(H2,15,18,19). The molecular weight excluding hydrogens is 362 g/mol. The summed E-state index contributed by atoms with van der Waals surface area (Å²) < 4.78 is 29.0. The Hall–Kier alpha value is -1.90. The third-order valence-electron chi connectivity index (χ3n) is 2.55. The Morgan fingerprint density at radius 3 is 2.43 bits per heavy atom. The van der Waals surface area contributed by atoms with Crippen molar-refractivity contribution in [2.45, 2.75) is 4.90 Å². The van der Waals surface area contributed by atoms with Crippen LogP contribution in [0, 0.1) is 0 Å². The van der Waals surface area contributed by atoms with Crippen molar-refractivity contribution in [3.8, 4) is 11.5 Å². The Morgan fingerprint density at radius 2 is 1.81 bits per heavy atom. The highest BCUT2D eigenvalue weighted by molar-refractivity contribution is 9.10. The first kappa shape index (κ1) is 15.5. The van der Waals surface area contributed by atoms with Crippen LogP contribution in [0.2, 0.25) is 0 Å². The normalized spacial score (nSPS) is 11.1. The average Bonchev–Trinajstić information content (AvgIpc) is 2.37. The number of sulfonamides is 1. The number of aromatic carboxylic acids is 1. The molecule has 0 saturated carbocycles. The number of primary sulfonamides is 1. The van der Waals surface area contributed by atoms with Crippen molar-refractivity contribution in [3.05, 3.63) is 52.5 Å². The molecular formula is C13H10BrNO5S. The largest absolute Gasteiger partial charge is 0.478 e. The van der Waals surface area contributed by atoms with Crippen LogP contribution in [0.3, 0.4) is 0 Å². The molecule has 21 heavy (non-hydrogen) atoms. The van der Waals surface area contributed by atoms with Gasteiger partial charge in [0.2, 0.25) is 10.0 Å². The molecule has 2 rings (SSSR count). The number of benzene rings is 2. The lowest BCUT2D eigenvalue weighted by molar-refractivity contribution is 0.0694. The zero-order chi connectivity index (χ0) is 15.6. The number of rotatable bonds is 4. The smallest absolute Gasteiger partial charge is 0.339 e. The van der Waals surface area contributed by atoms with E-state index in [9.17, 15) is 13.2 Å². The topological polar surface area (TPSA) is 107 Å². The van der Waals surface area contributed by atoms with E-state index in [0.29, 0.717) is 4.47 Å². The van der Waals surface area contributed by atoms with Crippen LogP contribution in [-0.4, -0.2) is 19.5 Å². The van der Waals surface area contributed by atoms with Gasteiger partial charge in [-0.2, -0.15) is 0 Å². The Bertz CT molecular complexity index is 804. The third-order valence-corrected chi connectivity index (χ3v) is 3.99. The van der Waals surface area contributed by atoms with Gasteiger partial charge in [-0.15, -0.1) is 0 Å². The minimum atomic E-state index is -3.98. The van der Waals surface area contributed by atoms with Gasteiger partial charge in [0.25, 0.3) is 0 Å². The molecule has 0 radical (unpaired) electrons. The van der Waals surface area contributed by atoms with Crippen LogP contribution in [0.1, 0.15) is 10.4 Å². The van der Waals surface area contributed by atoms with Crippen molar-refractivity contribution in [1.82, 2.24) is 0 Å². The van der Waals surface area contributed by atoms with Crippen LogP contribution < -0.4 is 9.88 Å². The maximum absolute atomic E-state index is 11.5. The number of carboxylic acids is 1. The molecule has 0 aliphatic rings. The molecule has 0 amide bonds. The molecule has 0 saturated heterocycles. The molecule has 0 atom stereocenters. The van der Waals surface area contributed by atoms with Crippen LogP contribution in [0.5, 0.6) is 11.5 Å². The molecule has 0 aromatic heterocycles. The fraction of sp³-hybridized carbons (Fsp3) is 0. The molecule has 0 unspecified atom stereocenters. The number of para-hydroxylation sites is 1. The monoisotopic (exact) mass is 371 g/mol. The lowest BCUT2D eigenvalue weighted by atomic mass is 10.2. The van der Waals surface area contributed by atoms with E-state index in [1.165, 1.54) is 30.3 Å². The SMILES string of the molecule is NS(=O)(=O)c1ccccc1Oc1cc(Br)ccc1C(=O)O. The van der Waals surface area contributed by atoms with Crippen molar-refractivity contribution < 1.29 is 23.1 Å². The predicted octanol–water partition coefficient (Wildman–Crippen LogP) is 2.59. The Kier molecular flexibility index (Phi) is 4.31. The molecule has 0 aliphatic heterocycles. The maximum atomic E-state index is 11.5. The fourth-order valence-electron chi connectivity index (χ4n) is 1.65. The van der Waals surface area contributed by atoms with Gasteiger partial charge in [0.1, 0.15) is 22.0 Å². The Labute approximate surface area is 129 Å². The van der Waals surface area contributed by atoms with Gasteiger partial charge in [0, 0.05) is 4.47 Å². The predicted molar refractivity (Wildman–Crippen MR) is 79.0 cm³/mol. The van der Waals surface area contributed by atoms with Gasteiger partial charge in [0.05, 0.1) is 0 Å². The van der Waals surface area contributed by atoms with Crippen LogP contribution in [0.4, 0.5) is 0 Å². The van der Waals surface area contributed by atoms with Crippen molar-refractivity contribution in [3.63, 3.8) is 0 Å².